The van der Waals surface area contributed by atoms with Gasteiger partial charge in [0.15, 0.2) is 0 Å². The van der Waals surface area contributed by atoms with Gasteiger partial charge in [0.1, 0.15) is 28.5 Å². The lowest BCUT2D eigenvalue weighted by molar-refractivity contribution is 0.0640. The molecule has 9 nitrogen and oxygen atoms in total. The SMILES string of the molecule is C=CCN(c1cc2oc(-c3ccc(F)cc3)c(C(=O)OC(N)=O)c2cc1OC(C)C)S(C)(=O)=O. The molecule has 1 amide bonds. The van der Waals surface area contributed by atoms with Gasteiger partial charge in [-0.3, -0.25) is 4.31 Å². The molecule has 0 radical (unpaired) electrons. The smallest absolute Gasteiger partial charge is 0.412 e. The van der Waals surface area contributed by atoms with E-state index in [2.05, 4.69) is 11.3 Å². The zero-order valence-electron chi connectivity index (χ0n) is 18.7. The van der Waals surface area contributed by atoms with Crippen molar-refractivity contribution in [2.24, 2.45) is 5.73 Å². The maximum absolute atomic E-state index is 13.5. The molecule has 0 fully saturated rings. The van der Waals surface area contributed by atoms with Gasteiger partial charge in [0.2, 0.25) is 10.0 Å². The van der Waals surface area contributed by atoms with Crippen LogP contribution in [-0.4, -0.2) is 39.4 Å². The third-order valence-electron chi connectivity index (χ3n) is 4.60. The van der Waals surface area contributed by atoms with Crippen LogP contribution < -0.4 is 14.8 Å². The van der Waals surface area contributed by atoms with Gasteiger partial charge in [-0.2, -0.15) is 0 Å². The number of halogens is 1. The summed E-state index contributed by atoms with van der Waals surface area (Å²) >= 11 is 0. The first-order chi connectivity index (χ1) is 15.9. The van der Waals surface area contributed by atoms with Crippen LogP contribution in [0.5, 0.6) is 5.75 Å². The fourth-order valence-corrected chi connectivity index (χ4v) is 4.21. The Hall–Kier alpha value is -3.86. The van der Waals surface area contributed by atoms with Gasteiger partial charge in [-0.1, -0.05) is 6.08 Å². The summed E-state index contributed by atoms with van der Waals surface area (Å²) in [5.41, 5.74) is 5.43. The van der Waals surface area contributed by atoms with Gasteiger partial charge < -0.3 is 19.6 Å². The summed E-state index contributed by atoms with van der Waals surface area (Å²) < 4.78 is 55.8. The topological polar surface area (TPSA) is 129 Å². The first-order valence-corrected chi connectivity index (χ1v) is 11.9. The summed E-state index contributed by atoms with van der Waals surface area (Å²) in [6.45, 7) is 7.04. The highest BCUT2D eigenvalue weighted by Crippen LogP contribution is 2.41. The molecule has 0 saturated heterocycles. The van der Waals surface area contributed by atoms with Crippen molar-refractivity contribution in [2.45, 2.75) is 20.0 Å². The first-order valence-electron chi connectivity index (χ1n) is 10.1. The molecule has 0 unspecified atom stereocenters. The molecule has 0 aliphatic heterocycles. The summed E-state index contributed by atoms with van der Waals surface area (Å²) in [5, 5.41) is 0.178. The van der Waals surface area contributed by atoms with Gasteiger partial charge in [-0.15, -0.1) is 6.58 Å². The minimum absolute atomic E-state index is 0.0245. The lowest BCUT2D eigenvalue weighted by atomic mass is 10.0. The average Bonchev–Trinajstić information content (AvgIpc) is 3.08. The van der Waals surface area contributed by atoms with E-state index >= 15 is 0 Å². The van der Waals surface area contributed by atoms with Gasteiger partial charge >= 0.3 is 12.1 Å². The normalized spacial score (nSPS) is 11.4. The standard InChI is InChI=1S/C23H23FN2O7S/c1-5-10-26(34(4,29)30)17-12-18-16(11-19(17)31-13(2)3)20(22(27)33-23(25)28)21(32-18)14-6-8-15(24)9-7-14/h5-9,11-13H,1,10H2,2-4H3,(H2,25,28). The number of carbonyl (C=O) groups is 2. The number of nitrogens with two attached hydrogens (primary N) is 1. The summed E-state index contributed by atoms with van der Waals surface area (Å²) in [4.78, 5) is 24.1. The Kier molecular flexibility index (Phi) is 6.96. The third-order valence-corrected chi connectivity index (χ3v) is 5.75. The van der Waals surface area contributed by atoms with Gasteiger partial charge in [-0.25, -0.2) is 22.4 Å². The van der Waals surface area contributed by atoms with Gasteiger partial charge in [0.05, 0.1) is 24.6 Å². The van der Waals surface area contributed by atoms with Crippen molar-refractivity contribution in [3.8, 4) is 17.1 Å². The number of anilines is 1. The summed E-state index contributed by atoms with van der Waals surface area (Å²) in [6, 6.07) is 7.90. The second-order valence-corrected chi connectivity index (χ2v) is 9.49. The van der Waals surface area contributed by atoms with Gasteiger partial charge in [-0.05, 0) is 44.2 Å². The molecule has 1 aromatic heterocycles. The van der Waals surface area contributed by atoms with Crippen molar-refractivity contribution in [3.63, 3.8) is 0 Å². The third kappa shape index (κ3) is 5.20. The highest BCUT2D eigenvalue weighted by molar-refractivity contribution is 7.92. The number of amides is 1. The summed E-state index contributed by atoms with van der Waals surface area (Å²) in [6.07, 6.45) is 0.757. The molecule has 0 spiro atoms. The van der Waals surface area contributed by atoms with Crippen LogP contribution in [-0.2, 0) is 14.8 Å². The molecule has 0 atom stereocenters. The van der Waals surface area contributed by atoms with Crippen LogP contribution in [0.2, 0.25) is 0 Å². The van der Waals surface area contributed by atoms with Crippen LogP contribution in [0.25, 0.3) is 22.3 Å². The van der Waals surface area contributed by atoms with E-state index in [1.54, 1.807) is 13.8 Å². The van der Waals surface area contributed by atoms with Crippen LogP contribution in [0, 0.1) is 5.82 Å². The maximum atomic E-state index is 13.5. The second-order valence-electron chi connectivity index (χ2n) is 7.59. The van der Waals surface area contributed by atoms with Crippen LogP contribution in [0.3, 0.4) is 0 Å². The zero-order valence-corrected chi connectivity index (χ0v) is 19.5. The number of hydrogen-bond donors (Lipinski definition) is 1. The van der Waals surface area contributed by atoms with Crippen LogP contribution >= 0.6 is 0 Å². The molecule has 0 bridgehead atoms. The van der Waals surface area contributed by atoms with Crippen molar-refractivity contribution < 1.29 is 36.3 Å². The number of carbonyl (C=O) groups excluding carboxylic acids is 2. The highest BCUT2D eigenvalue weighted by atomic mass is 32.2. The minimum atomic E-state index is -3.75. The van der Waals surface area contributed by atoms with E-state index in [1.807, 2.05) is 0 Å². The van der Waals surface area contributed by atoms with E-state index in [4.69, 9.17) is 14.9 Å². The number of primary amides is 1. The van der Waals surface area contributed by atoms with Crippen LogP contribution in [0.15, 0.2) is 53.5 Å². The molecular formula is C23H23FN2O7S. The molecule has 180 valence electrons. The quantitative estimate of drug-likeness (QED) is 0.284. The number of fused-ring (bicyclic) bond motifs is 1. The second kappa shape index (κ2) is 9.56. The van der Waals surface area contributed by atoms with Gasteiger partial charge in [0, 0.05) is 17.0 Å². The van der Waals surface area contributed by atoms with E-state index in [1.165, 1.54) is 42.5 Å². The molecule has 1 heterocycles. The van der Waals surface area contributed by atoms with Crippen molar-refractivity contribution in [1.82, 2.24) is 0 Å². The number of nitrogens with zero attached hydrogens (tertiary/aromatic N) is 1. The zero-order chi connectivity index (χ0) is 25.2. The number of benzene rings is 2. The molecule has 2 N–H and O–H groups in total. The molecule has 0 saturated carbocycles. The molecular weight excluding hydrogens is 467 g/mol. The number of rotatable bonds is 8. The van der Waals surface area contributed by atoms with Crippen molar-refractivity contribution >= 4 is 38.7 Å². The Bertz CT molecular complexity index is 1360. The van der Waals surface area contributed by atoms with E-state index < -0.39 is 27.9 Å². The fraction of sp³-hybridized carbons (Fsp3) is 0.217. The predicted molar refractivity (Wildman–Crippen MR) is 125 cm³/mol. The Labute approximate surface area is 195 Å². The number of esters is 1. The van der Waals surface area contributed by atoms with E-state index in [0.717, 1.165) is 10.6 Å². The number of sulfonamides is 1. The Morgan fingerprint density at radius 2 is 1.88 bits per heavy atom. The van der Waals surface area contributed by atoms with Crippen LogP contribution in [0.1, 0.15) is 24.2 Å². The lowest BCUT2D eigenvalue weighted by Crippen LogP contribution is -2.30. The maximum Gasteiger partial charge on any atom is 0.412 e. The molecule has 0 aliphatic carbocycles. The van der Waals surface area contributed by atoms with Crippen molar-refractivity contribution in [2.75, 3.05) is 17.1 Å². The Morgan fingerprint density at radius 1 is 1.24 bits per heavy atom. The number of ether oxygens (including phenoxy) is 2. The number of hydrogen-bond acceptors (Lipinski definition) is 7. The molecule has 11 heteroatoms. The Morgan fingerprint density at radius 3 is 2.41 bits per heavy atom. The van der Waals surface area contributed by atoms with Crippen molar-refractivity contribution in [1.29, 1.82) is 0 Å². The van der Waals surface area contributed by atoms with E-state index in [-0.39, 0.29) is 46.4 Å². The number of furan rings is 1. The average molecular weight is 491 g/mol. The molecule has 34 heavy (non-hydrogen) atoms. The highest BCUT2D eigenvalue weighted by Gasteiger charge is 2.29. The minimum Gasteiger partial charge on any atom is -0.489 e. The Balaban J connectivity index is 2.37. The summed E-state index contributed by atoms with van der Waals surface area (Å²) in [7, 11) is -3.75. The lowest BCUT2D eigenvalue weighted by Gasteiger charge is -2.24. The monoisotopic (exact) mass is 490 g/mol. The van der Waals surface area contributed by atoms with E-state index in [9.17, 15) is 22.4 Å². The molecule has 3 aromatic rings. The first kappa shape index (κ1) is 24.8. The largest absolute Gasteiger partial charge is 0.489 e. The van der Waals surface area contributed by atoms with Crippen molar-refractivity contribution in [3.05, 3.63) is 60.4 Å². The predicted octanol–water partition coefficient (Wildman–Crippen LogP) is 4.21. The molecule has 0 aliphatic rings. The molecule has 3 rings (SSSR count). The van der Waals surface area contributed by atoms with Gasteiger partial charge in [0.25, 0.3) is 0 Å². The van der Waals surface area contributed by atoms with E-state index in [0.29, 0.717) is 5.56 Å². The molecule has 2 aromatic carbocycles. The van der Waals surface area contributed by atoms with Crippen LogP contribution in [0.4, 0.5) is 14.9 Å². The summed E-state index contributed by atoms with van der Waals surface area (Å²) in [5.74, 6) is -1.50. The fourth-order valence-electron chi connectivity index (χ4n) is 3.33.